The van der Waals surface area contributed by atoms with Crippen molar-refractivity contribution in [2.24, 2.45) is 0 Å². The van der Waals surface area contributed by atoms with Crippen LogP contribution in [0, 0.1) is 0 Å². The molecule has 0 fully saturated rings. The van der Waals surface area contributed by atoms with Crippen molar-refractivity contribution in [1.29, 1.82) is 0 Å². The Morgan fingerprint density at radius 2 is 0.949 bits per heavy atom. The molecule has 2 heteroatoms. The number of para-hydroxylation sites is 2. The molecule has 0 saturated carbocycles. The largest absolute Gasteiger partial charge is 0.292 e. The van der Waals surface area contributed by atoms with Gasteiger partial charge >= 0.3 is 0 Å². The molecule has 39 heavy (non-hydrogen) atoms. The van der Waals surface area contributed by atoms with Crippen LogP contribution in [0.2, 0.25) is 0 Å². The van der Waals surface area contributed by atoms with Crippen molar-refractivity contribution in [2.75, 3.05) is 0 Å². The fourth-order valence-electron chi connectivity index (χ4n) is 5.98. The van der Waals surface area contributed by atoms with Gasteiger partial charge in [-0.25, -0.2) is 4.98 Å². The van der Waals surface area contributed by atoms with Gasteiger partial charge in [0.25, 0.3) is 0 Å². The fourth-order valence-corrected chi connectivity index (χ4v) is 5.98. The molecule has 0 atom stereocenters. The van der Waals surface area contributed by atoms with E-state index in [-0.39, 0.29) is 0 Å². The van der Waals surface area contributed by atoms with Crippen LogP contribution in [0.15, 0.2) is 146 Å². The Labute approximate surface area is 226 Å². The maximum atomic E-state index is 5.03. The average molecular weight is 497 g/mol. The number of rotatable bonds is 3. The number of benzene rings is 7. The highest BCUT2D eigenvalue weighted by atomic mass is 15.1. The lowest BCUT2D eigenvalue weighted by atomic mass is 9.92. The van der Waals surface area contributed by atoms with Gasteiger partial charge in [-0.1, -0.05) is 115 Å². The van der Waals surface area contributed by atoms with Crippen molar-refractivity contribution in [2.45, 2.75) is 0 Å². The van der Waals surface area contributed by atoms with Gasteiger partial charge in [0.1, 0.15) is 5.82 Å². The van der Waals surface area contributed by atoms with E-state index < -0.39 is 0 Å². The van der Waals surface area contributed by atoms with Crippen molar-refractivity contribution in [3.63, 3.8) is 0 Å². The molecule has 0 bridgehead atoms. The Kier molecular flexibility index (Phi) is 4.86. The molecule has 0 aliphatic heterocycles. The van der Waals surface area contributed by atoms with Gasteiger partial charge in [0, 0.05) is 11.3 Å². The highest BCUT2D eigenvalue weighted by Gasteiger charge is 2.15. The first-order valence-corrected chi connectivity index (χ1v) is 13.3. The van der Waals surface area contributed by atoms with Crippen LogP contribution in [0.1, 0.15) is 0 Å². The minimum atomic E-state index is 0.949. The number of nitrogens with zero attached hydrogens (tertiary/aromatic N) is 2. The second-order valence-electron chi connectivity index (χ2n) is 10.0. The van der Waals surface area contributed by atoms with Crippen molar-refractivity contribution in [3.05, 3.63) is 146 Å². The molecule has 0 N–H and O–H groups in total. The Morgan fingerprint density at radius 3 is 1.69 bits per heavy atom. The lowest BCUT2D eigenvalue weighted by molar-refractivity contribution is 1.10. The molecule has 0 aliphatic carbocycles. The zero-order valence-corrected chi connectivity index (χ0v) is 21.3. The van der Waals surface area contributed by atoms with Gasteiger partial charge in [0.15, 0.2) is 0 Å². The predicted molar refractivity (Wildman–Crippen MR) is 164 cm³/mol. The Bertz CT molecular complexity index is 2140. The molecule has 8 aromatic rings. The standard InChI is InChI=1S/C37H24N2/c1-2-11-25(12-3-1)37-38-35-19-8-9-20-36(35)39(37)28-14-10-13-26(23-28)27-21-22-33-31-17-5-4-15-29(31)30-16-6-7-18-32(30)34(33)24-27/h1-24H. The third-order valence-electron chi connectivity index (χ3n) is 7.77. The fraction of sp³-hybridized carbons (Fsp3) is 0. The van der Waals surface area contributed by atoms with E-state index in [0.717, 1.165) is 28.1 Å². The van der Waals surface area contributed by atoms with E-state index in [1.54, 1.807) is 0 Å². The maximum absolute atomic E-state index is 5.03. The van der Waals surface area contributed by atoms with E-state index in [0.29, 0.717) is 0 Å². The Balaban J connectivity index is 1.35. The third kappa shape index (κ3) is 3.46. The minimum absolute atomic E-state index is 0.949. The lowest BCUT2D eigenvalue weighted by Crippen LogP contribution is -1.98. The zero-order valence-electron chi connectivity index (χ0n) is 21.3. The molecule has 1 aromatic heterocycles. The van der Waals surface area contributed by atoms with E-state index >= 15 is 0 Å². The summed E-state index contributed by atoms with van der Waals surface area (Å²) in [7, 11) is 0. The van der Waals surface area contributed by atoms with E-state index in [4.69, 9.17) is 4.98 Å². The van der Waals surface area contributed by atoms with Crippen LogP contribution in [-0.2, 0) is 0 Å². The van der Waals surface area contributed by atoms with Gasteiger partial charge < -0.3 is 0 Å². The molecule has 8 rings (SSSR count). The summed E-state index contributed by atoms with van der Waals surface area (Å²) in [5, 5.41) is 7.75. The van der Waals surface area contributed by atoms with Crippen LogP contribution >= 0.6 is 0 Å². The van der Waals surface area contributed by atoms with Gasteiger partial charge in [0.2, 0.25) is 0 Å². The van der Waals surface area contributed by atoms with Gasteiger partial charge in [-0.2, -0.15) is 0 Å². The first-order valence-electron chi connectivity index (χ1n) is 13.3. The Hall–Kier alpha value is -5.21. The number of hydrogen-bond donors (Lipinski definition) is 0. The van der Waals surface area contributed by atoms with Gasteiger partial charge in [-0.05, 0) is 73.8 Å². The molecule has 7 aromatic carbocycles. The molecular formula is C37H24N2. The summed E-state index contributed by atoms with van der Waals surface area (Å²) in [5.74, 6) is 0.949. The predicted octanol–water partition coefficient (Wildman–Crippen LogP) is 9.82. The molecule has 0 unspecified atom stereocenters. The van der Waals surface area contributed by atoms with Crippen LogP contribution in [-0.4, -0.2) is 9.55 Å². The summed E-state index contributed by atoms with van der Waals surface area (Å²) in [5.41, 5.74) is 6.68. The monoisotopic (exact) mass is 496 g/mol. The van der Waals surface area contributed by atoms with Crippen LogP contribution in [0.5, 0.6) is 0 Å². The molecule has 1 heterocycles. The van der Waals surface area contributed by atoms with Crippen LogP contribution in [0.4, 0.5) is 0 Å². The molecule has 0 spiro atoms. The topological polar surface area (TPSA) is 17.8 Å². The van der Waals surface area contributed by atoms with E-state index in [2.05, 4.69) is 138 Å². The second-order valence-corrected chi connectivity index (χ2v) is 10.0. The van der Waals surface area contributed by atoms with E-state index in [1.807, 2.05) is 12.1 Å². The maximum Gasteiger partial charge on any atom is 0.145 e. The minimum Gasteiger partial charge on any atom is -0.292 e. The summed E-state index contributed by atoms with van der Waals surface area (Å²) in [4.78, 5) is 5.03. The highest BCUT2D eigenvalue weighted by Crippen LogP contribution is 2.37. The van der Waals surface area contributed by atoms with Crippen LogP contribution < -0.4 is 0 Å². The van der Waals surface area contributed by atoms with Crippen molar-refractivity contribution in [3.8, 4) is 28.2 Å². The number of aromatic nitrogens is 2. The third-order valence-corrected chi connectivity index (χ3v) is 7.77. The number of hydrogen-bond acceptors (Lipinski definition) is 1. The van der Waals surface area contributed by atoms with Gasteiger partial charge in [-0.3, -0.25) is 4.57 Å². The Morgan fingerprint density at radius 1 is 0.385 bits per heavy atom. The molecule has 0 amide bonds. The molecule has 182 valence electrons. The first kappa shape index (κ1) is 21.8. The van der Waals surface area contributed by atoms with Crippen molar-refractivity contribution in [1.82, 2.24) is 9.55 Å². The SMILES string of the molecule is c1ccc(-c2nc3ccccc3n2-c2cccc(-c3ccc4c5ccccc5c5ccccc5c4c3)c2)cc1. The lowest BCUT2D eigenvalue weighted by Gasteiger charge is -2.14. The summed E-state index contributed by atoms with van der Waals surface area (Å²) in [6.07, 6.45) is 0. The molecular weight excluding hydrogens is 472 g/mol. The molecule has 0 aliphatic rings. The second kappa shape index (κ2) is 8.68. The highest BCUT2D eigenvalue weighted by molar-refractivity contribution is 6.25. The smallest absolute Gasteiger partial charge is 0.145 e. The average Bonchev–Trinajstić information content (AvgIpc) is 3.41. The van der Waals surface area contributed by atoms with Crippen molar-refractivity contribution < 1.29 is 0 Å². The molecule has 2 nitrogen and oxygen atoms in total. The van der Waals surface area contributed by atoms with Crippen molar-refractivity contribution >= 4 is 43.4 Å². The quantitative estimate of drug-likeness (QED) is 0.223. The van der Waals surface area contributed by atoms with Gasteiger partial charge in [0.05, 0.1) is 11.0 Å². The zero-order chi connectivity index (χ0) is 25.8. The number of imidazole rings is 1. The summed E-state index contributed by atoms with van der Waals surface area (Å²) >= 11 is 0. The van der Waals surface area contributed by atoms with Crippen LogP contribution in [0.25, 0.3) is 71.6 Å². The van der Waals surface area contributed by atoms with E-state index in [9.17, 15) is 0 Å². The van der Waals surface area contributed by atoms with E-state index in [1.165, 1.54) is 43.4 Å². The summed E-state index contributed by atoms with van der Waals surface area (Å²) in [6, 6.07) is 52.0. The van der Waals surface area contributed by atoms with Crippen LogP contribution in [0.3, 0.4) is 0 Å². The number of fused-ring (bicyclic) bond motifs is 7. The molecule has 0 radical (unpaired) electrons. The summed E-state index contributed by atoms with van der Waals surface area (Å²) in [6.45, 7) is 0. The first-order chi connectivity index (χ1) is 19.3. The molecule has 0 saturated heterocycles. The van der Waals surface area contributed by atoms with Gasteiger partial charge in [-0.15, -0.1) is 0 Å². The summed E-state index contributed by atoms with van der Waals surface area (Å²) < 4.78 is 2.28. The normalized spacial score (nSPS) is 11.6.